The Bertz CT molecular complexity index is 446. The Morgan fingerprint density at radius 1 is 1.21 bits per heavy atom. The van der Waals surface area contributed by atoms with Crippen molar-refractivity contribution in [2.45, 2.75) is 6.29 Å². The highest BCUT2D eigenvalue weighted by Gasteiger charge is 2.19. The molecule has 14 heavy (non-hydrogen) atoms. The van der Waals surface area contributed by atoms with Crippen molar-refractivity contribution in [1.82, 2.24) is 9.97 Å². The second-order valence-corrected chi connectivity index (χ2v) is 3.23. The number of ether oxygens (including phenoxy) is 2. The largest absolute Gasteiger partial charge is 0.346 e. The molecule has 1 fully saturated rings. The predicted octanol–water partition coefficient (Wildman–Crippen LogP) is 1.61. The van der Waals surface area contributed by atoms with Crippen LogP contribution in [0.5, 0.6) is 0 Å². The molecule has 0 aromatic carbocycles. The number of aromatic nitrogens is 2. The van der Waals surface area contributed by atoms with E-state index in [0.29, 0.717) is 13.2 Å². The fraction of sp³-hybridized carbons (Fsp3) is 0.300. The molecule has 0 saturated carbocycles. The second kappa shape index (κ2) is 3.08. The minimum atomic E-state index is -0.289. The van der Waals surface area contributed by atoms with Crippen LogP contribution in [0.25, 0.3) is 11.0 Å². The maximum Gasteiger partial charge on any atom is 0.201 e. The molecule has 0 aliphatic carbocycles. The van der Waals surface area contributed by atoms with E-state index in [1.807, 2.05) is 24.4 Å². The van der Waals surface area contributed by atoms with Crippen molar-refractivity contribution in [2.75, 3.05) is 13.2 Å². The molecule has 0 unspecified atom stereocenters. The molecule has 0 bridgehead atoms. The molecule has 4 heteroatoms. The van der Waals surface area contributed by atoms with Gasteiger partial charge in [0.25, 0.3) is 0 Å². The molecule has 3 heterocycles. The molecule has 1 aliphatic rings. The average Bonchev–Trinajstić information content (AvgIpc) is 2.88. The highest BCUT2D eigenvalue weighted by Crippen LogP contribution is 2.22. The molecular formula is C10H10N2O2. The number of aromatic amines is 1. The summed E-state index contributed by atoms with van der Waals surface area (Å²) in [6.45, 7) is 1.30. The van der Waals surface area contributed by atoms with Crippen LogP contribution >= 0.6 is 0 Å². The van der Waals surface area contributed by atoms with Crippen LogP contribution in [0.1, 0.15) is 12.0 Å². The number of nitrogens with one attached hydrogen (secondary N) is 1. The minimum absolute atomic E-state index is 0.289. The molecule has 0 atom stereocenters. The van der Waals surface area contributed by atoms with E-state index in [-0.39, 0.29) is 6.29 Å². The fourth-order valence-corrected chi connectivity index (χ4v) is 1.61. The summed E-state index contributed by atoms with van der Waals surface area (Å²) in [6.07, 6.45) is 1.58. The van der Waals surface area contributed by atoms with E-state index >= 15 is 0 Å². The summed E-state index contributed by atoms with van der Waals surface area (Å²) in [7, 11) is 0. The average molecular weight is 190 g/mol. The zero-order chi connectivity index (χ0) is 9.38. The van der Waals surface area contributed by atoms with Gasteiger partial charge < -0.3 is 14.5 Å². The quantitative estimate of drug-likeness (QED) is 0.743. The summed E-state index contributed by atoms with van der Waals surface area (Å²) in [5, 5.41) is 1.10. The van der Waals surface area contributed by atoms with Crippen LogP contribution in [-0.4, -0.2) is 23.2 Å². The third-order valence-electron chi connectivity index (χ3n) is 2.29. The van der Waals surface area contributed by atoms with Crippen molar-refractivity contribution in [2.24, 2.45) is 0 Å². The lowest BCUT2D eigenvalue weighted by Gasteiger charge is -2.07. The first kappa shape index (κ1) is 7.96. The van der Waals surface area contributed by atoms with Gasteiger partial charge in [0.15, 0.2) is 0 Å². The fourth-order valence-electron chi connectivity index (χ4n) is 1.61. The first-order valence-corrected chi connectivity index (χ1v) is 4.61. The summed E-state index contributed by atoms with van der Waals surface area (Å²) in [4.78, 5) is 7.47. The van der Waals surface area contributed by atoms with Crippen LogP contribution in [-0.2, 0) is 9.47 Å². The molecule has 72 valence electrons. The Morgan fingerprint density at radius 3 is 2.93 bits per heavy atom. The van der Waals surface area contributed by atoms with Gasteiger partial charge in [-0.25, -0.2) is 4.98 Å². The van der Waals surface area contributed by atoms with Crippen LogP contribution in [0, 0.1) is 0 Å². The van der Waals surface area contributed by atoms with E-state index in [2.05, 4.69) is 9.97 Å². The number of hydrogen-bond donors (Lipinski definition) is 1. The van der Waals surface area contributed by atoms with Gasteiger partial charge in [0.05, 0.1) is 18.9 Å². The zero-order valence-corrected chi connectivity index (χ0v) is 7.56. The first-order valence-electron chi connectivity index (χ1n) is 4.61. The molecule has 1 saturated heterocycles. The van der Waals surface area contributed by atoms with Gasteiger partial charge >= 0.3 is 0 Å². The van der Waals surface area contributed by atoms with Gasteiger partial charge in [0.1, 0.15) is 5.65 Å². The number of H-pyrrole nitrogens is 1. The number of rotatable bonds is 1. The van der Waals surface area contributed by atoms with Gasteiger partial charge in [-0.1, -0.05) is 0 Å². The highest BCUT2D eigenvalue weighted by molar-refractivity contribution is 5.75. The van der Waals surface area contributed by atoms with E-state index in [1.165, 1.54) is 0 Å². The van der Waals surface area contributed by atoms with E-state index in [4.69, 9.17) is 9.47 Å². The van der Waals surface area contributed by atoms with E-state index in [1.54, 1.807) is 0 Å². The Kier molecular flexibility index (Phi) is 1.75. The maximum absolute atomic E-state index is 5.37. The molecule has 1 aliphatic heterocycles. The van der Waals surface area contributed by atoms with Crippen molar-refractivity contribution in [3.05, 3.63) is 30.1 Å². The summed E-state index contributed by atoms with van der Waals surface area (Å²) in [5.41, 5.74) is 1.71. The summed E-state index contributed by atoms with van der Waals surface area (Å²) in [6, 6.07) is 5.94. The van der Waals surface area contributed by atoms with Gasteiger partial charge in [-0.15, -0.1) is 0 Å². The molecule has 2 aromatic heterocycles. The molecule has 0 spiro atoms. The normalized spacial score (nSPS) is 18.0. The van der Waals surface area contributed by atoms with Crippen molar-refractivity contribution in [3.8, 4) is 0 Å². The Morgan fingerprint density at radius 2 is 2.07 bits per heavy atom. The van der Waals surface area contributed by atoms with Gasteiger partial charge in [0.2, 0.25) is 6.29 Å². The van der Waals surface area contributed by atoms with Gasteiger partial charge in [0, 0.05) is 11.6 Å². The monoisotopic (exact) mass is 190 g/mol. The van der Waals surface area contributed by atoms with E-state index in [0.717, 1.165) is 16.7 Å². The van der Waals surface area contributed by atoms with Crippen molar-refractivity contribution in [3.63, 3.8) is 0 Å². The number of pyridine rings is 1. The summed E-state index contributed by atoms with van der Waals surface area (Å²) < 4.78 is 10.7. The second-order valence-electron chi connectivity index (χ2n) is 3.23. The SMILES string of the molecule is c1cc2ccc(C3OCCO3)nc2[nH]1. The summed E-state index contributed by atoms with van der Waals surface area (Å²) >= 11 is 0. The van der Waals surface area contributed by atoms with Crippen molar-refractivity contribution in [1.29, 1.82) is 0 Å². The summed E-state index contributed by atoms with van der Waals surface area (Å²) in [5.74, 6) is 0. The molecule has 3 rings (SSSR count). The van der Waals surface area contributed by atoms with E-state index < -0.39 is 0 Å². The zero-order valence-electron chi connectivity index (χ0n) is 7.56. The van der Waals surface area contributed by atoms with Crippen LogP contribution in [0.15, 0.2) is 24.4 Å². The molecule has 4 nitrogen and oxygen atoms in total. The molecule has 0 amide bonds. The highest BCUT2D eigenvalue weighted by atomic mass is 16.7. The Labute approximate surface area is 80.9 Å². The standard InChI is InChI=1S/C10H10N2O2/c1-2-8(10-13-5-6-14-10)12-9-7(1)3-4-11-9/h1-4,10H,5-6H2,(H,11,12). The van der Waals surface area contributed by atoms with Crippen LogP contribution < -0.4 is 0 Å². The Balaban J connectivity index is 2.04. The molecular weight excluding hydrogens is 180 g/mol. The lowest BCUT2D eigenvalue weighted by atomic mass is 10.3. The topological polar surface area (TPSA) is 47.1 Å². The van der Waals surface area contributed by atoms with Gasteiger partial charge in [-0.05, 0) is 18.2 Å². The van der Waals surface area contributed by atoms with Gasteiger partial charge in [-0.3, -0.25) is 0 Å². The lowest BCUT2D eigenvalue weighted by molar-refractivity contribution is -0.0470. The maximum atomic E-state index is 5.37. The van der Waals surface area contributed by atoms with Crippen molar-refractivity contribution >= 4 is 11.0 Å². The predicted molar refractivity (Wildman–Crippen MR) is 50.7 cm³/mol. The smallest absolute Gasteiger partial charge is 0.201 e. The lowest BCUT2D eigenvalue weighted by Crippen LogP contribution is -2.00. The van der Waals surface area contributed by atoms with Crippen LogP contribution in [0.2, 0.25) is 0 Å². The van der Waals surface area contributed by atoms with E-state index in [9.17, 15) is 0 Å². The van der Waals surface area contributed by atoms with Crippen molar-refractivity contribution < 1.29 is 9.47 Å². The van der Waals surface area contributed by atoms with Gasteiger partial charge in [-0.2, -0.15) is 0 Å². The Hall–Kier alpha value is -1.39. The molecule has 2 aromatic rings. The molecule has 0 radical (unpaired) electrons. The molecule has 1 N–H and O–H groups in total. The third kappa shape index (κ3) is 1.20. The third-order valence-corrected chi connectivity index (χ3v) is 2.29. The van der Waals surface area contributed by atoms with Crippen LogP contribution in [0.4, 0.5) is 0 Å². The first-order chi connectivity index (χ1) is 6.93. The number of hydrogen-bond acceptors (Lipinski definition) is 3. The minimum Gasteiger partial charge on any atom is -0.346 e. The number of nitrogens with zero attached hydrogens (tertiary/aromatic N) is 1. The number of fused-ring (bicyclic) bond motifs is 1. The van der Waals surface area contributed by atoms with Crippen LogP contribution in [0.3, 0.4) is 0 Å².